The maximum Gasteiger partial charge on any atom is 0.231 e. The Hall–Kier alpha value is -2.49. The fourth-order valence-corrected chi connectivity index (χ4v) is 2.59. The van der Waals surface area contributed by atoms with E-state index in [1.165, 1.54) is 0 Å². The third-order valence-electron chi connectivity index (χ3n) is 3.91. The molecule has 2 aromatic carbocycles. The summed E-state index contributed by atoms with van der Waals surface area (Å²) >= 11 is 0. The lowest BCUT2D eigenvalue weighted by Crippen LogP contribution is -2.30. The molecule has 0 radical (unpaired) electrons. The van der Waals surface area contributed by atoms with Gasteiger partial charge < -0.3 is 14.4 Å². The Morgan fingerprint density at radius 1 is 1.14 bits per heavy atom. The van der Waals surface area contributed by atoms with E-state index in [0.717, 1.165) is 16.9 Å². The topological polar surface area (TPSA) is 38.8 Å². The number of benzene rings is 2. The van der Waals surface area contributed by atoms with Crippen LogP contribution in [0.5, 0.6) is 11.5 Å². The number of carbonyl (C=O) groups excluding carboxylic acids is 1. The van der Waals surface area contributed by atoms with Crippen LogP contribution in [0.1, 0.15) is 24.0 Å². The Kier molecular flexibility index (Phi) is 4.00. The Morgan fingerprint density at radius 3 is 2.64 bits per heavy atom. The number of carbonyl (C=O) groups is 1. The molecule has 4 heteroatoms. The standard InChI is InChI=1S/C18H19NO3/c1-13(15-8-9-16-17(10-15)22-12-21-16)18(20)19(2)11-14-6-4-3-5-7-14/h3-10,13H,11-12H2,1-2H3/t13-/m1/s1. The van der Waals surface area contributed by atoms with Crippen molar-refractivity contribution < 1.29 is 14.3 Å². The quantitative estimate of drug-likeness (QED) is 0.870. The predicted octanol–water partition coefficient (Wildman–Crippen LogP) is 3.18. The van der Waals surface area contributed by atoms with E-state index in [2.05, 4.69) is 0 Å². The van der Waals surface area contributed by atoms with Gasteiger partial charge in [-0.3, -0.25) is 4.79 Å². The lowest BCUT2D eigenvalue weighted by Gasteiger charge is -2.22. The fraction of sp³-hybridized carbons (Fsp3) is 0.278. The molecule has 0 saturated heterocycles. The van der Waals surface area contributed by atoms with E-state index >= 15 is 0 Å². The second-order valence-corrected chi connectivity index (χ2v) is 5.51. The van der Waals surface area contributed by atoms with Crippen LogP contribution in [0, 0.1) is 0 Å². The molecule has 114 valence electrons. The molecule has 0 aliphatic carbocycles. The largest absolute Gasteiger partial charge is 0.454 e. The number of rotatable bonds is 4. The lowest BCUT2D eigenvalue weighted by atomic mass is 9.99. The van der Waals surface area contributed by atoms with Crippen molar-refractivity contribution >= 4 is 5.91 Å². The highest BCUT2D eigenvalue weighted by Gasteiger charge is 2.22. The molecular formula is C18H19NO3. The summed E-state index contributed by atoms with van der Waals surface area (Å²) in [6, 6.07) is 15.7. The molecule has 0 N–H and O–H groups in total. The van der Waals surface area contributed by atoms with Gasteiger partial charge in [-0.2, -0.15) is 0 Å². The van der Waals surface area contributed by atoms with Gasteiger partial charge in [-0.15, -0.1) is 0 Å². The Morgan fingerprint density at radius 2 is 1.86 bits per heavy atom. The number of ether oxygens (including phenoxy) is 2. The van der Waals surface area contributed by atoms with Crippen molar-refractivity contribution in [2.75, 3.05) is 13.8 Å². The molecule has 1 amide bonds. The molecule has 0 spiro atoms. The van der Waals surface area contributed by atoms with Crippen molar-refractivity contribution in [3.63, 3.8) is 0 Å². The number of hydrogen-bond acceptors (Lipinski definition) is 3. The highest BCUT2D eigenvalue weighted by molar-refractivity contribution is 5.83. The van der Waals surface area contributed by atoms with E-state index in [4.69, 9.17) is 9.47 Å². The van der Waals surface area contributed by atoms with Crippen LogP contribution in [-0.4, -0.2) is 24.6 Å². The van der Waals surface area contributed by atoms with Crippen LogP contribution in [0.4, 0.5) is 0 Å². The van der Waals surface area contributed by atoms with Crippen molar-refractivity contribution in [2.45, 2.75) is 19.4 Å². The van der Waals surface area contributed by atoms with Gasteiger partial charge in [0.1, 0.15) is 0 Å². The van der Waals surface area contributed by atoms with Crippen molar-refractivity contribution in [3.05, 3.63) is 59.7 Å². The summed E-state index contributed by atoms with van der Waals surface area (Å²) < 4.78 is 10.7. The number of likely N-dealkylation sites (N-methyl/N-ethyl adjacent to an activating group) is 1. The number of hydrogen-bond donors (Lipinski definition) is 0. The number of nitrogens with zero attached hydrogens (tertiary/aromatic N) is 1. The van der Waals surface area contributed by atoms with Gasteiger partial charge in [0.05, 0.1) is 5.92 Å². The molecule has 2 aromatic rings. The summed E-state index contributed by atoms with van der Waals surface area (Å²) in [5.74, 6) is 1.31. The van der Waals surface area contributed by atoms with Crippen LogP contribution >= 0.6 is 0 Å². The minimum atomic E-state index is -0.219. The molecule has 0 bridgehead atoms. The van der Waals surface area contributed by atoms with E-state index in [0.29, 0.717) is 12.3 Å². The first-order chi connectivity index (χ1) is 10.6. The first-order valence-electron chi connectivity index (χ1n) is 7.33. The molecule has 3 rings (SSSR count). The minimum Gasteiger partial charge on any atom is -0.454 e. The molecule has 0 unspecified atom stereocenters. The minimum absolute atomic E-state index is 0.0859. The zero-order valence-corrected chi connectivity index (χ0v) is 12.8. The summed E-state index contributed by atoms with van der Waals surface area (Å²) in [5.41, 5.74) is 2.06. The molecule has 1 aliphatic rings. The molecule has 1 heterocycles. The normalized spacial score (nSPS) is 13.7. The zero-order valence-electron chi connectivity index (χ0n) is 12.8. The molecule has 4 nitrogen and oxygen atoms in total. The zero-order chi connectivity index (χ0) is 15.5. The van der Waals surface area contributed by atoms with Crippen LogP contribution in [0.15, 0.2) is 48.5 Å². The molecule has 22 heavy (non-hydrogen) atoms. The van der Waals surface area contributed by atoms with E-state index in [1.807, 2.05) is 62.5 Å². The lowest BCUT2D eigenvalue weighted by molar-refractivity contribution is -0.131. The van der Waals surface area contributed by atoms with Crippen molar-refractivity contribution in [3.8, 4) is 11.5 Å². The molecule has 0 fully saturated rings. The summed E-state index contributed by atoms with van der Waals surface area (Å²) in [4.78, 5) is 14.4. The molecule has 1 atom stereocenters. The van der Waals surface area contributed by atoms with Gasteiger partial charge in [-0.05, 0) is 30.2 Å². The van der Waals surface area contributed by atoms with E-state index < -0.39 is 0 Å². The first kappa shape index (κ1) is 14.4. The summed E-state index contributed by atoms with van der Waals surface area (Å²) in [7, 11) is 1.83. The summed E-state index contributed by atoms with van der Waals surface area (Å²) in [6.07, 6.45) is 0. The van der Waals surface area contributed by atoms with Crippen molar-refractivity contribution in [1.29, 1.82) is 0 Å². The number of amides is 1. The van der Waals surface area contributed by atoms with Gasteiger partial charge >= 0.3 is 0 Å². The summed E-state index contributed by atoms with van der Waals surface area (Å²) in [5, 5.41) is 0. The van der Waals surface area contributed by atoms with E-state index in [1.54, 1.807) is 4.90 Å². The third-order valence-corrected chi connectivity index (χ3v) is 3.91. The Balaban J connectivity index is 1.71. The second kappa shape index (κ2) is 6.10. The third kappa shape index (κ3) is 2.91. The van der Waals surface area contributed by atoms with E-state index in [-0.39, 0.29) is 18.6 Å². The maximum atomic E-state index is 12.6. The van der Waals surface area contributed by atoms with Crippen LogP contribution in [0.2, 0.25) is 0 Å². The smallest absolute Gasteiger partial charge is 0.231 e. The van der Waals surface area contributed by atoms with Gasteiger partial charge in [0.2, 0.25) is 12.7 Å². The van der Waals surface area contributed by atoms with Gasteiger partial charge in [0.25, 0.3) is 0 Å². The monoisotopic (exact) mass is 297 g/mol. The molecule has 1 aliphatic heterocycles. The van der Waals surface area contributed by atoms with Gasteiger partial charge in [-0.25, -0.2) is 0 Å². The van der Waals surface area contributed by atoms with Gasteiger partial charge in [0.15, 0.2) is 11.5 Å². The average Bonchev–Trinajstić information content (AvgIpc) is 3.02. The maximum absolute atomic E-state index is 12.6. The highest BCUT2D eigenvalue weighted by Crippen LogP contribution is 2.34. The highest BCUT2D eigenvalue weighted by atomic mass is 16.7. The predicted molar refractivity (Wildman–Crippen MR) is 83.9 cm³/mol. The average molecular weight is 297 g/mol. The molecule has 0 aromatic heterocycles. The van der Waals surface area contributed by atoms with Crippen molar-refractivity contribution in [2.24, 2.45) is 0 Å². The fourth-order valence-electron chi connectivity index (χ4n) is 2.59. The Labute approximate surface area is 130 Å². The first-order valence-corrected chi connectivity index (χ1v) is 7.33. The SMILES string of the molecule is C[C@@H](C(=O)N(C)Cc1ccccc1)c1ccc2c(c1)OCO2. The van der Waals surface area contributed by atoms with Crippen LogP contribution < -0.4 is 9.47 Å². The van der Waals surface area contributed by atoms with Crippen molar-refractivity contribution in [1.82, 2.24) is 4.90 Å². The van der Waals surface area contributed by atoms with Crippen LogP contribution in [0.3, 0.4) is 0 Å². The van der Waals surface area contributed by atoms with Gasteiger partial charge in [-0.1, -0.05) is 36.4 Å². The number of fused-ring (bicyclic) bond motifs is 1. The second-order valence-electron chi connectivity index (χ2n) is 5.51. The van der Waals surface area contributed by atoms with E-state index in [9.17, 15) is 4.79 Å². The molecule has 0 saturated carbocycles. The van der Waals surface area contributed by atoms with Crippen LogP contribution in [-0.2, 0) is 11.3 Å². The van der Waals surface area contributed by atoms with Crippen LogP contribution in [0.25, 0.3) is 0 Å². The molecular weight excluding hydrogens is 278 g/mol. The van der Waals surface area contributed by atoms with Gasteiger partial charge in [0, 0.05) is 13.6 Å². The Bertz CT molecular complexity index is 669. The summed E-state index contributed by atoms with van der Waals surface area (Å²) in [6.45, 7) is 2.77.